The van der Waals surface area contributed by atoms with Gasteiger partial charge in [0.05, 0.1) is 18.2 Å². The van der Waals surface area contributed by atoms with E-state index in [0.717, 1.165) is 5.82 Å². The average molecular weight is 315 g/mol. The summed E-state index contributed by atoms with van der Waals surface area (Å²) in [5.41, 5.74) is 1.17. The summed E-state index contributed by atoms with van der Waals surface area (Å²) in [7, 11) is 1.90. The van der Waals surface area contributed by atoms with Crippen molar-refractivity contribution in [3.8, 4) is 6.07 Å². The Kier molecular flexibility index (Phi) is 5.98. The third-order valence-electron chi connectivity index (χ3n) is 3.02. The number of nitrogens with one attached hydrogen (secondary N) is 1. The molecule has 0 bridgehead atoms. The third-order valence-corrected chi connectivity index (χ3v) is 4.04. The van der Waals surface area contributed by atoms with Gasteiger partial charge in [0.1, 0.15) is 5.82 Å². The SMILES string of the molecule is Cn1c(Cc2ccccc2)nnc1SCC(=O)NCCC#N. The van der Waals surface area contributed by atoms with Crippen LogP contribution in [0.4, 0.5) is 0 Å². The Hall–Kier alpha value is -2.33. The largest absolute Gasteiger partial charge is 0.354 e. The predicted molar refractivity (Wildman–Crippen MR) is 84.2 cm³/mol. The maximum Gasteiger partial charge on any atom is 0.230 e. The molecule has 6 nitrogen and oxygen atoms in total. The molecule has 1 N–H and O–H groups in total. The molecule has 0 fully saturated rings. The number of benzene rings is 1. The van der Waals surface area contributed by atoms with Crippen LogP contribution in [0.1, 0.15) is 17.8 Å². The minimum atomic E-state index is -0.104. The first-order chi connectivity index (χ1) is 10.7. The van der Waals surface area contributed by atoms with Gasteiger partial charge in [-0.05, 0) is 5.56 Å². The van der Waals surface area contributed by atoms with Gasteiger partial charge in [-0.1, -0.05) is 42.1 Å². The number of aromatic nitrogens is 3. The Bertz CT molecular complexity index is 662. The molecule has 2 rings (SSSR count). The number of carbonyl (C=O) groups excluding carboxylic acids is 1. The molecule has 2 aromatic rings. The third kappa shape index (κ3) is 4.60. The monoisotopic (exact) mass is 315 g/mol. The van der Waals surface area contributed by atoms with E-state index < -0.39 is 0 Å². The van der Waals surface area contributed by atoms with E-state index >= 15 is 0 Å². The first-order valence-corrected chi connectivity index (χ1v) is 7.88. The summed E-state index contributed by atoms with van der Waals surface area (Å²) in [5, 5.41) is 20.1. The van der Waals surface area contributed by atoms with Crippen LogP contribution in [0.5, 0.6) is 0 Å². The Balaban J connectivity index is 1.88. The number of nitriles is 1. The number of amides is 1. The van der Waals surface area contributed by atoms with E-state index in [2.05, 4.69) is 15.5 Å². The molecule has 0 aliphatic carbocycles. The van der Waals surface area contributed by atoms with E-state index in [9.17, 15) is 4.79 Å². The Labute approximate surface area is 133 Å². The van der Waals surface area contributed by atoms with Crippen molar-refractivity contribution in [2.75, 3.05) is 12.3 Å². The van der Waals surface area contributed by atoms with Crippen LogP contribution in [0.2, 0.25) is 0 Å². The summed E-state index contributed by atoms with van der Waals surface area (Å²) in [4.78, 5) is 11.6. The average Bonchev–Trinajstić information content (AvgIpc) is 2.87. The summed E-state index contributed by atoms with van der Waals surface area (Å²) < 4.78 is 1.90. The van der Waals surface area contributed by atoms with Gasteiger partial charge in [-0.15, -0.1) is 10.2 Å². The fourth-order valence-electron chi connectivity index (χ4n) is 1.84. The molecule has 7 heteroatoms. The molecular formula is C15H17N5OS. The second-order valence-electron chi connectivity index (χ2n) is 4.67. The molecule has 0 saturated carbocycles. The van der Waals surface area contributed by atoms with Crippen molar-refractivity contribution in [1.82, 2.24) is 20.1 Å². The summed E-state index contributed by atoms with van der Waals surface area (Å²) >= 11 is 1.34. The molecule has 1 aromatic carbocycles. The Morgan fingerprint density at radius 2 is 2.14 bits per heavy atom. The van der Waals surface area contributed by atoms with Crippen molar-refractivity contribution in [3.05, 3.63) is 41.7 Å². The molecule has 0 unspecified atom stereocenters. The highest BCUT2D eigenvalue weighted by Crippen LogP contribution is 2.17. The fourth-order valence-corrected chi connectivity index (χ4v) is 2.60. The van der Waals surface area contributed by atoms with Crippen LogP contribution in [0.25, 0.3) is 0 Å². The quantitative estimate of drug-likeness (QED) is 0.619. The second-order valence-corrected chi connectivity index (χ2v) is 5.61. The summed E-state index contributed by atoms with van der Waals surface area (Å²) in [6.07, 6.45) is 1.03. The number of carbonyl (C=O) groups is 1. The number of nitrogens with zero attached hydrogens (tertiary/aromatic N) is 4. The van der Waals surface area contributed by atoms with Crippen LogP contribution >= 0.6 is 11.8 Å². The molecule has 1 aromatic heterocycles. The molecule has 0 radical (unpaired) electrons. The van der Waals surface area contributed by atoms with Crippen molar-refractivity contribution in [1.29, 1.82) is 5.26 Å². The normalized spacial score (nSPS) is 10.2. The van der Waals surface area contributed by atoms with Crippen molar-refractivity contribution in [2.24, 2.45) is 7.05 Å². The molecule has 114 valence electrons. The molecule has 0 saturated heterocycles. The Morgan fingerprint density at radius 3 is 2.86 bits per heavy atom. The topological polar surface area (TPSA) is 83.6 Å². The highest BCUT2D eigenvalue weighted by Gasteiger charge is 2.11. The minimum Gasteiger partial charge on any atom is -0.354 e. The molecular weight excluding hydrogens is 298 g/mol. The van der Waals surface area contributed by atoms with Crippen LogP contribution in [0.15, 0.2) is 35.5 Å². The standard InChI is InChI=1S/C15H17N5OS/c1-20-13(10-12-6-3-2-4-7-12)18-19-15(20)22-11-14(21)17-9-5-8-16/h2-4,6-7H,5,9-11H2,1H3,(H,17,21). The van der Waals surface area contributed by atoms with Gasteiger partial charge in [-0.3, -0.25) is 4.79 Å². The molecule has 0 aliphatic rings. The van der Waals surface area contributed by atoms with Crippen molar-refractivity contribution in [3.63, 3.8) is 0 Å². The van der Waals surface area contributed by atoms with Gasteiger partial charge in [0.15, 0.2) is 5.16 Å². The minimum absolute atomic E-state index is 0.104. The molecule has 1 heterocycles. The smallest absolute Gasteiger partial charge is 0.230 e. The molecule has 22 heavy (non-hydrogen) atoms. The van der Waals surface area contributed by atoms with Crippen LogP contribution in [0, 0.1) is 11.3 Å². The van der Waals surface area contributed by atoms with Crippen LogP contribution in [-0.2, 0) is 18.3 Å². The van der Waals surface area contributed by atoms with Gasteiger partial charge in [-0.2, -0.15) is 5.26 Å². The highest BCUT2D eigenvalue weighted by atomic mass is 32.2. The van der Waals surface area contributed by atoms with Gasteiger partial charge in [0.25, 0.3) is 0 Å². The lowest BCUT2D eigenvalue weighted by molar-refractivity contribution is -0.118. The van der Waals surface area contributed by atoms with Crippen LogP contribution in [-0.4, -0.2) is 33.0 Å². The first-order valence-electron chi connectivity index (χ1n) is 6.89. The maximum atomic E-state index is 11.6. The zero-order chi connectivity index (χ0) is 15.8. The summed E-state index contributed by atoms with van der Waals surface area (Å²) in [6, 6.07) is 12.0. The zero-order valence-electron chi connectivity index (χ0n) is 12.3. The van der Waals surface area contributed by atoms with E-state index in [1.165, 1.54) is 17.3 Å². The van der Waals surface area contributed by atoms with Gasteiger partial charge in [0.2, 0.25) is 5.91 Å². The molecule has 0 aliphatic heterocycles. The van der Waals surface area contributed by atoms with Crippen molar-refractivity contribution >= 4 is 17.7 Å². The number of hydrogen-bond donors (Lipinski definition) is 1. The molecule has 0 atom stereocenters. The van der Waals surface area contributed by atoms with E-state index in [-0.39, 0.29) is 11.7 Å². The van der Waals surface area contributed by atoms with E-state index in [1.54, 1.807) is 0 Å². The lowest BCUT2D eigenvalue weighted by atomic mass is 10.1. The number of rotatable bonds is 7. The summed E-state index contributed by atoms with van der Waals surface area (Å²) in [6.45, 7) is 0.383. The second kappa shape index (κ2) is 8.20. The van der Waals surface area contributed by atoms with E-state index in [1.807, 2.05) is 48.0 Å². The first kappa shape index (κ1) is 16.0. The van der Waals surface area contributed by atoms with Gasteiger partial charge in [0, 0.05) is 20.0 Å². The highest BCUT2D eigenvalue weighted by molar-refractivity contribution is 7.99. The van der Waals surface area contributed by atoms with Gasteiger partial charge in [-0.25, -0.2) is 0 Å². The van der Waals surface area contributed by atoms with Gasteiger partial charge < -0.3 is 9.88 Å². The van der Waals surface area contributed by atoms with Crippen molar-refractivity contribution in [2.45, 2.75) is 18.0 Å². The van der Waals surface area contributed by atoms with Crippen LogP contribution in [0.3, 0.4) is 0 Å². The number of thioether (sulfide) groups is 1. The fraction of sp³-hybridized carbons (Fsp3) is 0.333. The lowest BCUT2D eigenvalue weighted by Crippen LogP contribution is -2.26. The van der Waals surface area contributed by atoms with Crippen molar-refractivity contribution < 1.29 is 4.79 Å². The van der Waals surface area contributed by atoms with Crippen LogP contribution < -0.4 is 5.32 Å². The lowest BCUT2D eigenvalue weighted by Gasteiger charge is -2.04. The number of hydrogen-bond acceptors (Lipinski definition) is 5. The van der Waals surface area contributed by atoms with E-state index in [0.29, 0.717) is 24.5 Å². The predicted octanol–water partition coefficient (Wildman–Crippen LogP) is 1.53. The van der Waals surface area contributed by atoms with E-state index in [4.69, 9.17) is 5.26 Å². The molecule has 1 amide bonds. The molecule has 0 spiro atoms. The Morgan fingerprint density at radius 1 is 1.36 bits per heavy atom. The van der Waals surface area contributed by atoms with Gasteiger partial charge >= 0.3 is 0 Å². The zero-order valence-corrected chi connectivity index (χ0v) is 13.1. The maximum absolute atomic E-state index is 11.6. The summed E-state index contributed by atoms with van der Waals surface area (Å²) in [5.74, 6) is 1.02.